The zero-order valence-electron chi connectivity index (χ0n) is 11.2. The summed E-state index contributed by atoms with van der Waals surface area (Å²) in [5, 5.41) is 3.28. The first-order chi connectivity index (χ1) is 8.11. The predicted molar refractivity (Wildman–Crippen MR) is 68.0 cm³/mol. The van der Waals surface area contributed by atoms with Gasteiger partial charge in [0.15, 0.2) is 0 Å². The Morgan fingerprint density at radius 3 is 2.65 bits per heavy atom. The minimum Gasteiger partial charge on any atom is -0.378 e. The molecule has 100 valence electrons. The number of hydrogen-bond donors (Lipinski definition) is 1. The SMILES string of the molecule is C[C@H](NCCCN(C)C)C(=O)N1CCOCC1. The molecule has 0 aromatic carbocycles. The van der Waals surface area contributed by atoms with Gasteiger partial charge >= 0.3 is 0 Å². The third-order valence-electron chi connectivity index (χ3n) is 2.93. The molecular formula is C12H25N3O2. The van der Waals surface area contributed by atoms with E-state index in [0.717, 1.165) is 32.6 Å². The number of nitrogens with one attached hydrogen (secondary N) is 1. The highest BCUT2D eigenvalue weighted by Gasteiger charge is 2.21. The Hall–Kier alpha value is -0.650. The lowest BCUT2D eigenvalue weighted by Crippen LogP contribution is -2.49. The van der Waals surface area contributed by atoms with Crippen LogP contribution < -0.4 is 5.32 Å². The molecule has 0 unspecified atom stereocenters. The molecule has 5 nitrogen and oxygen atoms in total. The molecule has 0 spiro atoms. The largest absolute Gasteiger partial charge is 0.378 e. The van der Waals surface area contributed by atoms with Crippen molar-refractivity contribution < 1.29 is 9.53 Å². The fraction of sp³-hybridized carbons (Fsp3) is 0.917. The summed E-state index contributed by atoms with van der Waals surface area (Å²) >= 11 is 0. The van der Waals surface area contributed by atoms with Gasteiger partial charge in [-0.25, -0.2) is 0 Å². The maximum atomic E-state index is 12.0. The molecule has 1 atom stereocenters. The fourth-order valence-electron chi connectivity index (χ4n) is 1.86. The Balaban J connectivity index is 2.17. The van der Waals surface area contributed by atoms with Gasteiger partial charge in [-0.1, -0.05) is 0 Å². The van der Waals surface area contributed by atoms with E-state index in [4.69, 9.17) is 4.74 Å². The van der Waals surface area contributed by atoms with E-state index < -0.39 is 0 Å². The van der Waals surface area contributed by atoms with Crippen molar-refractivity contribution in [2.24, 2.45) is 0 Å². The first kappa shape index (κ1) is 14.4. The van der Waals surface area contributed by atoms with Crippen molar-refractivity contribution in [3.05, 3.63) is 0 Å². The Labute approximate surface area is 104 Å². The molecule has 1 amide bonds. The topological polar surface area (TPSA) is 44.8 Å². The molecule has 0 aromatic heterocycles. The van der Waals surface area contributed by atoms with Crippen LogP contribution in [0.3, 0.4) is 0 Å². The average molecular weight is 243 g/mol. The maximum absolute atomic E-state index is 12.0. The van der Waals surface area contributed by atoms with Crippen molar-refractivity contribution in [2.75, 3.05) is 53.5 Å². The van der Waals surface area contributed by atoms with E-state index >= 15 is 0 Å². The van der Waals surface area contributed by atoms with Crippen LogP contribution in [-0.4, -0.2) is 75.2 Å². The molecule has 0 bridgehead atoms. The summed E-state index contributed by atoms with van der Waals surface area (Å²) < 4.78 is 5.23. The number of carbonyl (C=O) groups is 1. The minimum absolute atomic E-state index is 0.0877. The van der Waals surface area contributed by atoms with Crippen LogP contribution in [0, 0.1) is 0 Å². The van der Waals surface area contributed by atoms with Crippen LogP contribution in [0.25, 0.3) is 0 Å². The van der Waals surface area contributed by atoms with Crippen molar-refractivity contribution in [1.29, 1.82) is 0 Å². The van der Waals surface area contributed by atoms with E-state index in [1.807, 2.05) is 11.8 Å². The zero-order valence-corrected chi connectivity index (χ0v) is 11.2. The summed E-state index contributed by atoms with van der Waals surface area (Å²) in [5.41, 5.74) is 0. The summed E-state index contributed by atoms with van der Waals surface area (Å²) in [6.45, 7) is 6.65. The lowest BCUT2D eigenvalue weighted by molar-refractivity contribution is -0.137. The quantitative estimate of drug-likeness (QED) is 0.655. The third-order valence-corrected chi connectivity index (χ3v) is 2.93. The molecule has 0 radical (unpaired) electrons. The first-order valence-electron chi connectivity index (χ1n) is 6.36. The summed E-state index contributed by atoms with van der Waals surface area (Å²) in [4.78, 5) is 16.1. The Kier molecular flexibility index (Phi) is 6.47. The van der Waals surface area contributed by atoms with Crippen LogP contribution in [0.2, 0.25) is 0 Å². The van der Waals surface area contributed by atoms with Gasteiger partial charge in [0.2, 0.25) is 5.91 Å². The van der Waals surface area contributed by atoms with Gasteiger partial charge in [0, 0.05) is 13.1 Å². The second-order valence-electron chi connectivity index (χ2n) is 4.77. The Bertz CT molecular complexity index is 228. The highest BCUT2D eigenvalue weighted by atomic mass is 16.5. The van der Waals surface area contributed by atoms with Crippen molar-refractivity contribution >= 4 is 5.91 Å². The number of nitrogens with zero attached hydrogens (tertiary/aromatic N) is 2. The molecule has 1 rings (SSSR count). The summed E-state index contributed by atoms with van der Waals surface area (Å²) in [6, 6.07) is -0.0877. The Morgan fingerprint density at radius 1 is 1.41 bits per heavy atom. The molecule has 1 fully saturated rings. The third kappa shape index (κ3) is 5.48. The van der Waals surface area contributed by atoms with Crippen LogP contribution in [0.5, 0.6) is 0 Å². The normalized spacial score (nSPS) is 18.5. The van der Waals surface area contributed by atoms with Gasteiger partial charge in [0.05, 0.1) is 19.3 Å². The van der Waals surface area contributed by atoms with Gasteiger partial charge < -0.3 is 19.9 Å². The van der Waals surface area contributed by atoms with E-state index in [2.05, 4.69) is 24.3 Å². The minimum atomic E-state index is -0.0877. The second kappa shape index (κ2) is 7.63. The number of amides is 1. The van der Waals surface area contributed by atoms with Crippen LogP contribution in [0.1, 0.15) is 13.3 Å². The van der Waals surface area contributed by atoms with E-state index in [9.17, 15) is 4.79 Å². The number of carbonyl (C=O) groups excluding carboxylic acids is 1. The monoisotopic (exact) mass is 243 g/mol. The van der Waals surface area contributed by atoms with Gasteiger partial charge in [-0.05, 0) is 40.5 Å². The fourth-order valence-corrected chi connectivity index (χ4v) is 1.86. The van der Waals surface area contributed by atoms with Gasteiger partial charge in [0.1, 0.15) is 0 Å². The van der Waals surface area contributed by atoms with Gasteiger partial charge in [-0.3, -0.25) is 4.79 Å². The predicted octanol–water partition coefficient (Wildman–Crippen LogP) is -0.225. The van der Waals surface area contributed by atoms with Gasteiger partial charge in [-0.2, -0.15) is 0 Å². The van der Waals surface area contributed by atoms with Crippen molar-refractivity contribution in [2.45, 2.75) is 19.4 Å². The molecule has 0 aliphatic carbocycles. The molecular weight excluding hydrogens is 218 g/mol. The molecule has 1 saturated heterocycles. The van der Waals surface area contributed by atoms with Crippen molar-refractivity contribution in [1.82, 2.24) is 15.1 Å². The number of morpholine rings is 1. The first-order valence-corrected chi connectivity index (χ1v) is 6.36. The molecule has 0 aromatic rings. The summed E-state index contributed by atoms with van der Waals surface area (Å²) in [6.07, 6.45) is 1.06. The number of rotatable bonds is 6. The second-order valence-corrected chi connectivity index (χ2v) is 4.77. The smallest absolute Gasteiger partial charge is 0.239 e. The summed E-state index contributed by atoms with van der Waals surface area (Å²) in [5.74, 6) is 0.193. The van der Waals surface area contributed by atoms with E-state index in [1.165, 1.54) is 0 Å². The molecule has 17 heavy (non-hydrogen) atoms. The zero-order chi connectivity index (χ0) is 12.7. The van der Waals surface area contributed by atoms with Gasteiger partial charge in [0.25, 0.3) is 0 Å². The highest BCUT2D eigenvalue weighted by molar-refractivity contribution is 5.81. The van der Waals surface area contributed by atoms with Crippen molar-refractivity contribution in [3.63, 3.8) is 0 Å². The van der Waals surface area contributed by atoms with Crippen molar-refractivity contribution in [3.8, 4) is 0 Å². The summed E-state index contributed by atoms with van der Waals surface area (Å²) in [7, 11) is 4.12. The molecule has 5 heteroatoms. The number of hydrogen-bond acceptors (Lipinski definition) is 4. The molecule has 0 saturated carbocycles. The van der Waals surface area contributed by atoms with Crippen LogP contribution in [0.15, 0.2) is 0 Å². The van der Waals surface area contributed by atoms with Crippen LogP contribution in [0.4, 0.5) is 0 Å². The van der Waals surface area contributed by atoms with E-state index in [0.29, 0.717) is 13.2 Å². The van der Waals surface area contributed by atoms with E-state index in [-0.39, 0.29) is 11.9 Å². The molecule has 1 heterocycles. The standard InChI is InChI=1S/C12H25N3O2/c1-11(13-5-4-6-14(2)3)12(16)15-7-9-17-10-8-15/h11,13H,4-10H2,1-3H3/t11-/m0/s1. The van der Waals surface area contributed by atoms with Crippen LogP contribution >= 0.6 is 0 Å². The maximum Gasteiger partial charge on any atom is 0.239 e. The highest BCUT2D eigenvalue weighted by Crippen LogP contribution is 2.00. The average Bonchev–Trinajstić information content (AvgIpc) is 2.34. The van der Waals surface area contributed by atoms with Crippen LogP contribution in [-0.2, 0) is 9.53 Å². The molecule has 1 N–H and O–H groups in total. The van der Waals surface area contributed by atoms with E-state index in [1.54, 1.807) is 0 Å². The number of ether oxygens (including phenoxy) is 1. The Morgan fingerprint density at radius 2 is 2.06 bits per heavy atom. The molecule has 1 aliphatic heterocycles. The van der Waals surface area contributed by atoms with Gasteiger partial charge in [-0.15, -0.1) is 0 Å². The molecule has 1 aliphatic rings. The lowest BCUT2D eigenvalue weighted by Gasteiger charge is -2.29. The lowest BCUT2D eigenvalue weighted by atomic mass is 10.2.